The van der Waals surface area contributed by atoms with Gasteiger partial charge in [0.05, 0.1) is 13.2 Å². The van der Waals surface area contributed by atoms with Gasteiger partial charge < -0.3 is 9.47 Å². The lowest BCUT2D eigenvalue weighted by molar-refractivity contribution is 0.0524. The van der Waals surface area contributed by atoms with Gasteiger partial charge in [-0.3, -0.25) is 0 Å². The van der Waals surface area contributed by atoms with Crippen LogP contribution in [0.25, 0.3) is 0 Å². The Balaban J connectivity index is 1.57. The van der Waals surface area contributed by atoms with Gasteiger partial charge in [0.2, 0.25) is 0 Å². The Labute approximate surface area is 170 Å². The second-order valence-corrected chi connectivity index (χ2v) is 7.26. The zero-order valence-corrected chi connectivity index (χ0v) is 17.3. The van der Waals surface area contributed by atoms with E-state index in [1.807, 2.05) is 12.1 Å². The molecule has 0 spiro atoms. The van der Waals surface area contributed by atoms with Crippen molar-refractivity contribution in [2.45, 2.75) is 64.2 Å². The van der Waals surface area contributed by atoms with Crippen LogP contribution in [-0.2, 0) is 9.47 Å². The highest BCUT2D eigenvalue weighted by Gasteiger charge is 2.11. The fraction of sp³-hybridized carbons (Fsp3) is 0.480. The number of benzene rings is 2. The maximum absolute atomic E-state index is 11.8. The van der Waals surface area contributed by atoms with Crippen molar-refractivity contribution in [1.82, 2.24) is 0 Å². The van der Waals surface area contributed by atoms with Crippen LogP contribution in [-0.4, -0.2) is 19.4 Å². The second kappa shape index (κ2) is 13.0. The van der Waals surface area contributed by atoms with Crippen molar-refractivity contribution in [3.63, 3.8) is 0 Å². The maximum Gasteiger partial charge on any atom is 0.508 e. The van der Waals surface area contributed by atoms with Crippen LogP contribution in [0.2, 0.25) is 0 Å². The minimum absolute atomic E-state index is 0.420. The summed E-state index contributed by atoms with van der Waals surface area (Å²) in [6.07, 6.45) is 5.39. The topological polar surface area (TPSA) is 35.5 Å². The number of carbonyl (C=O) groups is 1. The molecule has 2 rings (SSSR count). The molecule has 0 saturated heterocycles. The van der Waals surface area contributed by atoms with Gasteiger partial charge in [0.1, 0.15) is 0 Å². The van der Waals surface area contributed by atoms with Crippen molar-refractivity contribution in [1.29, 1.82) is 0 Å². The second-order valence-electron chi connectivity index (χ2n) is 7.26. The molecule has 0 aliphatic rings. The predicted molar refractivity (Wildman–Crippen MR) is 115 cm³/mol. The minimum Gasteiger partial charge on any atom is -0.434 e. The first-order chi connectivity index (χ1) is 13.7. The Morgan fingerprint density at radius 2 is 1.11 bits per heavy atom. The van der Waals surface area contributed by atoms with E-state index in [0.29, 0.717) is 25.0 Å². The minimum atomic E-state index is -0.541. The van der Waals surface area contributed by atoms with Gasteiger partial charge in [-0.1, -0.05) is 74.5 Å². The number of ether oxygens (including phenoxy) is 2. The van der Waals surface area contributed by atoms with Crippen LogP contribution in [0.4, 0.5) is 4.79 Å². The Kier molecular flexibility index (Phi) is 10.2. The summed E-state index contributed by atoms with van der Waals surface area (Å²) in [5.74, 6) is 1.04. The summed E-state index contributed by atoms with van der Waals surface area (Å²) in [6, 6.07) is 21.1. The van der Waals surface area contributed by atoms with Crippen LogP contribution in [0, 0.1) is 0 Å². The lowest BCUT2D eigenvalue weighted by Crippen LogP contribution is -2.11. The third kappa shape index (κ3) is 7.75. The number of carbonyl (C=O) groups excluding carboxylic acids is 1. The fourth-order valence-corrected chi connectivity index (χ4v) is 3.68. The van der Waals surface area contributed by atoms with Crippen molar-refractivity contribution < 1.29 is 14.3 Å². The molecule has 3 nitrogen and oxygen atoms in total. The van der Waals surface area contributed by atoms with E-state index in [9.17, 15) is 4.79 Å². The predicted octanol–water partition coefficient (Wildman–Crippen LogP) is 7.09. The Morgan fingerprint density at radius 1 is 0.714 bits per heavy atom. The summed E-state index contributed by atoms with van der Waals surface area (Å²) >= 11 is 0. The molecule has 0 aliphatic carbocycles. The van der Waals surface area contributed by atoms with E-state index in [0.717, 1.165) is 38.5 Å². The van der Waals surface area contributed by atoms with Gasteiger partial charge in [0, 0.05) is 0 Å². The molecule has 152 valence electrons. The summed E-state index contributed by atoms with van der Waals surface area (Å²) in [6.45, 7) is 5.24. The van der Waals surface area contributed by atoms with E-state index in [1.165, 1.54) is 11.1 Å². The molecule has 0 bridgehead atoms. The molecule has 2 atom stereocenters. The van der Waals surface area contributed by atoms with Crippen LogP contribution < -0.4 is 0 Å². The molecule has 0 amide bonds. The van der Waals surface area contributed by atoms with Crippen molar-refractivity contribution in [2.24, 2.45) is 0 Å². The number of hydrogen-bond donors (Lipinski definition) is 0. The van der Waals surface area contributed by atoms with Crippen molar-refractivity contribution in [2.75, 3.05) is 13.2 Å². The monoisotopic (exact) mass is 382 g/mol. The highest BCUT2D eigenvalue weighted by atomic mass is 16.7. The molecule has 0 aromatic heterocycles. The van der Waals surface area contributed by atoms with Crippen LogP contribution in [0.5, 0.6) is 0 Å². The first-order valence-electron chi connectivity index (χ1n) is 10.6. The summed E-state index contributed by atoms with van der Waals surface area (Å²) < 4.78 is 10.5. The molecule has 0 heterocycles. The average molecular weight is 383 g/mol. The van der Waals surface area contributed by atoms with Crippen LogP contribution in [0.3, 0.4) is 0 Å². The van der Waals surface area contributed by atoms with E-state index in [2.05, 4.69) is 62.4 Å². The summed E-state index contributed by atoms with van der Waals surface area (Å²) in [5.41, 5.74) is 2.72. The molecule has 0 aliphatic heterocycles. The lowest BCUT2D eigenvalue weighted by Gasteiger charge is -2.16. The molecular formula is C25H34O3. The quantitative estimate of drug-likeness (QED) is 0.290. The van der Waals surface area contributed by atoms with Gasteiger partial charge in [-0.15, -0.1) is 0 Å². The van der Waals surface area contributed by atoms with Gasteiger partial charge in [-0.25, -0.2) is 4.79 Å². The Morgan fingerprint density at radius 3 is 1.46 bits per heavy atom. The largest absolute Gasteiger partial charge is 0.508 e. The highest BCUT2D eigenvalue weighted by Crippen LogP contribution is 2.25. The molecular weight excluding hydrogens is 348 g/mol. The van der Waals surface area contributed by atoms with Crippen molar-refractivity contribution in [3.8, 4) is 0 Å². The fourth-order valence-electron chi connectivity index (χ4n) is 3.68. The SMILES string of the molecule is CCC(CCCOC(=O)OCCCC(CC)c1ccccc1)c1ccccc1. The highest BCUT2D eigenvalue weighted by molar-refractivity contribution is 5.59. The number of hydrogen-bond acceptors (Lipinski definition) is 3. The smallest absolute Gasteiger partial charge is 0.434 e. The third-order valence-electron chi connectivity index (χ3n) is 5.36. The van der Waals surface area contributed by atoms with E-state index < -0.39 is 6.16 Å². The normalized spacial score (nSPS) is 12.9. The van der Waals surface area contributed by atoms with Crippen molar-refractivity contribution >= 4 is 6.16 Å². The van der Waals surface area contributed by atoms with Gasteiger partial charge in [-0.05, 0) is 61.5 Å². The number of rotatable bonds is 12. The maximum atomic E-state index is 11.8. The van der Waals surface area contributed by atoms with Gasteiger partial charge in [-0.2, -0.15) is 0 Å². The standard InChI is InChI=1S/C25H34O3/c1-3-21(23-13-7-5-8-14-23)17-11-19-27-25(26)28-20-12-18-22(4-2)24-15-9-6-10-16-24/h5-10,13-16,21-22H,3-4,11-12,17-20H2,1-2H3. The molecule has 2 aromatic carbocycles. The van der Waals surface area contributed by atoms with Crippen LogP contribution in [0.15, 0.2) is 60.7 Å². The van der Waals surface area contributed by atoms with Gasteiger partial charge >= 0.3 is 6.16 Å². The summed E-state index contributed by atoms with van der Waals surface area (Å²) in [7, 11) is 0. The summed E-state index contributed by atoms with van der Waals surface area (Å²) in [4.78, 5) is 11.8. The molecule has 0 saturated carbocycles. The lowest BCUT2D eigenvalue weighted by atomic mass is 9.92. The summed E-state index contributed by atoms with van der Waals surface area (Å²) in [5, 5.41) is 0. The molecule has 2 aromatic rings. The van der Waals surface area contributed by atoms with Gasteiger partial charge in [0.15, 0.2) is 0 Å². The van der Waals surface area contributed by atoms with E-state index >= 15 is 0 Å². The van der Waals surface area contributed by atoms with Crippen molar-refractivity contribution in [3.05, 3.63) is 71.8 Å². The average Bonchev–Trinajstić information content (AvgIpc) is 2.75. The first-order valence-corrected chi connectivity index (χ1v) is 10.6. The molecule has 28 heavy (non-hydrogen) atoms. The van der Waals surface area contributed by atoms with Gasteiger partial charge in [0.25, 0.3) is 0 Å². The molecule has 0 radical (unpaired) electrons. The van der Waals surface area contributed by atoms with E-state index in [-0.39, 0.29) is 0 Å². The van der Waals surface area contributed by atoms with Crippen LogP contribution >= 0.6 is 0 Å². The zero-order valence-electron chi connectivity index (χ0n) is 17.3. The molecule has 0 N–H and O–H groups in total. The first kappa shape index (κ1) is 22.0. The Bertz CT molecular complexity index is 597. The third-order valence-corrected chi connectivity index (χ3v) is 5.36. The van der Waals surface area contributed by atoms with E-state index in [1.54, 1.807) is 0 Å². The van der Waals surface area contributed by atoms with E-state index in [4.69, 9.17) is 9.47 Å². The Hall–Kier alpha value is -2.29. The van der Waals surface area contributed by atoms with Crippen LogP contribution in [0.1, 0.15) is 75.3 Å². The zero-order chi connectivity index (χ0) is 20.0. The molecule has 2 unspecified atom stereocenters. The molecule has 0 fully saturated rings. The molecule has 3 heteroatoms.